The van der Waals surface area contributed by atoms with E-state index in [0.717, 1.165) is 6.42 Å². The number of aryl methyl sites for hydroxylation is 4. The van der Waals surface area contributed by atoms with Gasteiger partial charge in [-0.25, -0.2) is 0 Å². The van der Waals surface area contributed by atoms with E-state index in [2.05, 4.69) is 32.5 Å². The molecule has 19 heavy (non-hydrogen) atoms. The first-order chi connectivity index (χ1) is 9.15. The molecule has 106 valence electrons. The third kappa shape index (κ3) is 3.19. The minimum absolute atomic E-state index is 1.14. The number of hydrogen-bond acceptors (Lipinski definition) is 2. The van der Waals surface area contributed by atoms with E-state index in [1.807, 2.05) is 11.3 Å². The monoisotopic (exact) mass is 278 g/mol. The molecule has 2 aromatic heterocycles. The van der Waals surface area contributed by atoms with E-state index in [4.69, 9.17) is 5.10 Å². The molecule has 0 aliphatic rings. The van der Waals surface area contributed by atoms with Gasteiger partial charge in [0.2, 0.25) is 0 Å². The molecule has 0 aromatic carbocycles. The highest BCUT2D eigenvalue weighted by atomic mass is 32.1. The highest BCUT2D eigenvalue weighted by molar-refractivity contribution is 7.13. The maximum atomic E-state index is 4.73. The Hall–Kier alpha value is -0.830. The molecule has 0 saturated heterocycles. The van der Waals surface area contributed by atoms with Crippen molar-refractivity contribution in [2.45, 2.75) is 65.7 Å². The van der Waals surface area contributed by atoms with Gasteiger partial charge < -0.3 is 0 Å². The van der Waals surface area contributed by atoms with Gasteiger partial charge in [0, 0.05) is 22.2 Å². The molecule has 0 amide bonds. The summed E-state index contributed by atoms with van der Waals surface area (Å²) >= 11 is 1.91. The fourth-order valence-electron chi connectivity index (χ4n) is 2.93. The summed E-state index contributed by atoms with van der Waals surface area (Å²) in [5.74, 6) is 0. The molecule has 0 aliphatic carbocycles. The van der Waals surface area contributed by atoms with Crippen molar-refractivity contribution in [2.75, 3.05) is 0 Å². The Labute approximate surface area is 120 Å². The first-order valence-corrected chi connectivity index (χ1v) is 8.38. The summed E-state index contributed by atoms with van der Waals surface area (Å²) in [7, 11) is 2.08. The zero-order chi connectivity index (χ0) is 13.8. The van der Waals surface area contributed by atoms with Crippen molar-refractivity contribution in [3.63, 3.8) is 0 Å². The highest BCUT2D eigenvalue weighted by Crippen LogP contribution is 2.32. The topological polar surface area (TPSA) is 17.8 Å². The molecule has 2 heterocycles. The van der Waals surface area contributed by atoms with E-state index in [1.165, 1.54) is 64.9 Å². The van der Waals surface area contributed by atoms with Crippen LogP contribution in [0.4, 0.5) is 0 Å². The Morgan fingerprint density at radius 2 is 1.68 bits per heavy atom. The summed E-state index contributed by atoms with van der Waals surface area (Å²) in [6.45, 7) is 6.70. The van der Waals surface area contributed by atoms with Crippen LogP contribution in [-0.2, 0) is 13.5 Å². The van der Waals surface area contributed by atoms with E-state index >= 15 is 0 Å². The van der Waals surface area contributed by atoms with Crippen molar-refractivity contribution in [2.24, 2.45) is 7.05 Å². The molecule has 0 unspecified atom stereocenters. The van der Waals surface area contributed by atoms with Crippen LogP contribution in [0.5, 0.6) is 0 Å². The number of rotatable bonds is 7. The molecule has 2 rings (SSSR count). The molecule has 0 fully saturated rings. The van der Waals surface area contributed by atoms with Crippen LogP contribution in [-0.4, -0.2) is 9.78 Å². The molecule has 0 spiro atoms. The molecule has 0 aliphatic heterocycles. The average Bonchev–Trinajstić information content (AvgIpc) is 2.85. The van der Waals surface area contributed by atoms with Crippen LogP contribution in [0.25, 0.3) is 10.9 Å². The van der Waals surface area contributed by atoms with E-state index in [1.54, 1.807) is 0 Å². The van der Waals surface area contributed by atoms with Gasteiger partial charge in [0.05, 0.1) is 11.2 Å². The van der Waals surface area contributed by atoms with Crippen molar-refractivity contribution in [1.82, 2.24) is 9.78 Å². The summed E-state index contributed by atoms with van der Waals surface area (Å²) in [5.41, 5.74) is 2.67. The lowest BCUT2D eigenvalue weighted by Crippen LogP contribution is -1.93. The first kappa shape index (κ1) is 14.6. The second-order valence-electron chi connectivity index (χ2n) is 5.53. The quantitative estimate of drug-likeness (QED) is 0.640. The lowest BCUT2D eigenvalue weighted by atomic mass is 10.1. The van der Waals surface area contributed by atoms with Crippen LogP contribution < -0.4 is 0 Å². The van der Waals surface area contributed by atoms with Gasteiger partial charge in [0.1, 0.15) is 0 Å². The van der Waals surface area contributed by atoms with Crippen LogP contribution in [0.1, 0.15) is 60.9 Å². The smallest absolute Gasteiger partial charge is 0.0820 e. The summed E-state index contributed by atoms with van der Waals surface area (Å²) in [5, 5.41) is 6.16. The second-order valence-corrected chi connectivity index (χ2v) is 6.95. The van der Waals surface area contributed by atoms with Crippen molar-refractivity contribution in [1.29, 1.82) is 0 Å². The third-order valence-electron chi connectivity index (χ3n) is 3.88. The lowest BCUT2D eigenvalue weighted by molar-refractivity contribution is 0.602. The maximum Gasteiger partial charge on any atom is 0.0820 e. The van der Waals surface area contributed by atoms with Gasteiger partial charge in [-0.3, -0.25) is 4.68 Å². The standard InChI is InChI=1S/C16H26N2S/c1-5-6-7-8-9-10-11-14-15-12(2)19-13(3)16(15)18(4)17-14/h5-11H2,1-4H3. The molecule has 2 aromatic rings. The minimum atomic E-state index is 1.14. The zero-order valence-corrected chi connectivity index (χ0v) is 13.6. The molecule has 0 N–H and O–H groups in total. The number of unbranched alkanes of at least 4 members (excludes halogenated alkanes) is 5. The Kier molecular flexibility index (Phi) is 5.03. The average molecular weight is 278 g/mol. The Morgan fingerprint density at radius 1 is 1.00 bits per heavy atom. The van der Waals surface area contributed by atoms with Crippen LogP contribution in [0.15, 0.2) is 0 Å². The fraction of sp³-hybridized carbons (Fsp3) is 0.688. The third-order valence-corrected chi connectivity index (χ3v) is 4.89. The van der Waals surface area contributed by atoms with Crippen molar-refractivity contribution in [3.05, 3.63) is 15.4 Å². The van der Waals surface area contributed by atoms with Gasteiger partial charge in [-0.2, -0.15) is 5.10 Å². The van der Waals surface area contributed by atoms with Crippen LogP contribution in [0.2, 0.25) is 0 Å². The van der Waals surface area contributed by atoms with Crippen LogP contribution in [0, 0.1) is 13.8 Å². The van der Waals surface area contributed by atoms with Gasteiger partial charge in [0.25, 0.3) is 0 Å². The molecule has 2 nitrogen and oxygen atoms in total. The predicted octanol–water partition coefficient (Wildman–Crippen LogP) is 5.15. The largest absolute Gasteiger partial charge is 0.267 e. The molecule has 0 saturated carbocycles. The number of thiophene rings is 1. The van der Waals surface area contributed by atoms with Gasteiger partial charge in [-0.05, 0) is 26.7 Å². The summed E-state index contributed by atoms with van der Waals surface area (Å²) in [6, 6.07) is 0. The second kappa shape index (κ2) is 6.56. The summed E-state index contributed by atoms with van der Waals surface area (Å²) < 4.78 is 2.07. The Balaban J connectivity index is 1.97. The molecular weight excluding hydrogens is 252 g/mol. The van der Waals surface area contributed by atoms with E-state index < -0.39 is 0 Å². The maximum absolute atomic E-state index is 4.73. The first-order valence-electron chi connectivity index (χ1n) is 7.56. The van der Waals surface area contributed by atoms with Gasteiger partial charge in [-0.1, -0.05) is 39.0 Å². The Morgan fingerprint density at radius 3 is 2.42 bits per heavy atom. The fourth-order valence-corrected chi connectivity index (χ4v) is 4.04. The Bertz CT molecular complexity index is 536. The minimum Gasteiger partial charge on any atom is -0.267 e. The van der Waals surface area contributed by atoms with Gasteiger partial charge in [-0.15, -0.1) is 11.3 Å². The van der Waals surface area contributed by atoms with Crippen LogP contribution in [0.3, 0.4) is 0 Å². The van der Waals surface area contributed by atoms with Crippen molar-refractivity contribution in [3.8, 4) is 0 Å². The molecular formula is C16H26N2S. The molecule has 0 atom stereocenters. The van der Waals surface area contributed by atoms with E-state index in [-0.39, 0.29) is 0 Å². The van der Waals surface area contributed by atoms with Gasteiger partial charge >= 0.3 is 0 Å². The zero-order valence-electron chi connectivity index (χ0n) is 12.8. The number of hydrogen-bond donors (Lipinski definition) is 0. The number of fused-ring (bicyclic) bond motifs is 1. The van der Waals surface area contributed by atoms with Crippen molar-refractivity contribution >= 4 is 22.2 Å². The normalized spacial score (nSPS) is 11.6. The number of nitrogens with zero attached hydrogens (tertiary/aromatic N) is 2. The van der Waals surface area contributed by atoms with Crippen molar-refractivity contribution < 1.29 is 0 Å². The summed E-state index contributed by atoms with van der Waals surface area (Å²) in [6.07, 6.45) is 9.26. The molecule has 3 heteroatoms. The van der Waals surface area contributed by atoms with E-state index in [9.17, 15) is 0 Å². The predicted molar refractivity (Wildman–Crippen MR) is 85.1 cm³/mol. The summed E-state index contributed by atoms with van der Waals surface area (Å²) in [4.78, 5) is 2.83. The lowest BCUT2D eigenvalue weighted by Gasteiger charge is -2.00. The van der Waals surface area contributed by atoms with E-state index in [0.29, 0.717) is 0 Å². The highest BCUT2D eigenvalue weighted by Gasteiger charge is 2.15. The number of aromatic nitrogens is 2. The molecule has 0 bridgehead atoms. The molecule has 0 radical (unpaired) electrons. The van der Waals surface area contributed by atoms with Gasteiger partial charge in [0.15, 0.2) is 0 Å². The SMILES string of the molecule is CCCCCCCCc1nn(C)c2c(C)sc(C)c12. The van der Waals surface area contributed by atoms with Crippen LogP contribution >= 0.6 is 11.3 Å².